The highest BCUT2D eigenvalue weighted by Gasteiger charge is 2.25. The molecule has 0 bridgehead atoms. The Hall–Kier alpha value is -0.120. The molecule has 0 aromatic heterocycles. The molecule has 54 valence electrons. The lowest BCUT2D eigenvalue weighted by Gasteiger charge is -2.14. The van der Waals surface area contributed by atoms with Crippen molar-refractivity contribution in [2.24, 2.45) is 5.73 Å². The quantitative estimate of drug-likeness (QED) is 0.479. The number of rotatable bonds is 1. The number of likely N-dealkylation sites (tertiary alicyclic amines) is 1. The van der Waals surface area contributed by atoms with Gasteiger partial charge in [-0.3, -0.25) is 4.90 Å². The molecule has 9 heavy (non-hydrogen) atoms. The van der Waals surface area contributed by atoms with Crippen LogP contribution in [-0.2, 0) is 0 Å². The van der Waals surface area contributed by atoms with E-state index in [-0.39, 0.29) is 12.6 Å². The molecule has 1 rings (SSSR count). The molecule has 0 saturated carbocycles. The fourth-order valence-corrected chi connectivity index (χ4v) is 1.34. The Labute approximate surface area is 55.5 Å². The van der Waals surface area contributed by atoms with Crippen LogP contribution >= 0.6 is 0 Å². The van der Waals surface area contributed by atoms with E-state index < -0.39 is 0 Å². The van der Waals surface area contributed by atoms with E-state index >= 15 is 0 Å². The van der Waals surface area contributed by atoms with Crippen molar-refractivity contribution < 1.29 is 5.11 Å². The summed E-state index contributed by atoms with van der Waals surface area (Å²) in [5.74, 6) is 0. The molecule has 0 aromatic rings. The third-order valence-corrected chi connectivity index (χ3v) is 1.93. The summed E-state index contributed by atoms with van der Waals surface area (Å²) in [6.45, 7) is 1.16. The largest absolute Gasteiger partial charge is 0.395 e. The average molecular weight is 130 g/mol. The normalized spacial score (nSPS) is 37.7. The van der Waals surface area contributed by atoms with Gasteiger partial charge in [0.2, 0.25) is 0 Å². The molecular formula is C6H14N2O. The smallest absolute Gasteiger partial charge is 0.0587 e. The molecule has 0 amide bonds. The summed E-state index contributed by atoms with van der Waals surface area (Å²) in [6, 6.07) is 0.576. The van der Waals surface area contributed by atoms with Crippen LogP contribution in [0.2, 0.25) is 0 Å². The monoisotopic (exact) mass is 130 g/mol. The lowest BCUT2D eigenvalue weighted by atomic mass is 10.2. The van der Waals surface area contributed by atoms with Crippen molar-refractivity contribution in [3.8, 4) is 0 Å². The number of hydrogen-bond acceptors (Lipinski definition) is 3. The molecule has 0 radical (unpaired) electrons. The van der Waals surface area contributed by atoms with E-state index in [0.717, 1.165) is 13.0 Å². The molecule has 1 saturated heterocycles. The minimum absolute atomic E-state index is 0.240. The zero-order valence-corrected chi connectivity index (χ0v) is 5.75. The van der Waals surface area contributed by atoms with Crippen molar-refractivity contribution in [2.45, 2.75) is 18.5 Å². The van der Waals surface area contributed by atoms with E-state index in [1.54, 1.807) is 0 Å². The topological polar surface area (TPSA) is 49.5 Å². The predicted octanol–water partition coefficient (Wildman–Crippen LogP) is -0.990. The zero-order chi connectivity index (χ0) is 6.85. The molecule has 1 aliphatic heterocycles. The highest BCUT2D eigenvalue weighted by molar-refractivity contribution is 4.84. The molecular weight excluding hydrogens is 116 g/mol. The first-order chi connectivity index (χ1) is 4.24. The Kier molecular flexibility index (Phi) is 2.05. The molecule has 1 heterocycles. The second-order valence-electron chi connectivity index (χ2n) is 2.77. The van der Waals surface area contributed by atoms with Gasteiger partial charge in [-0.1, -0.05) is 0 Å². The summed E-state index contributed by atoms with van der Waals surface area (Å²) in [5, 5.41) is 8.76. The van der Waals surface area contributed by atoms with E-state index in [0.29, 0.717) is 6.04 Å². The van der Waals surface area contributed by atoms with E-state index in [1.165, 1.54) is 0 Å². The van der Waals surface area contributed by atoms with E-state index in [9.17, 15) is 0 Å². The molecule has 3 nitrogen and oxygen atoms in total. The number of nitrogens with zero attached hydrogens (tertiary/aromatic N) is 1. The average Bonchev–Trinajstić information content (AvgIpc) is 2.10. The Morgan fingerprint density at radius 1 is 1.78 bits per heavy atom. The Morgan fingerprint density at radius 3 is 2.67 bits per heavy atom. The van der Waals surface area contributed by atoms with Crippen LogP contribution < -0.4 is 5.73 Å². The Morgan fingerprint density at radius 2 is 2.44 bits per heavy atom. The van der Waals surface area contributed by atoms with Crippen LogP contribution in [0, 0.1) is 0 Å². The molecule has 3 N–H and O–H groups in total. The minimum Gasteiger partial charge on any atom is -0.395 e. The van der Waals surface area contributed by atoms with Gasteiger partial charge in [0.05, 0.1) is 6.61 Å². The van der Waals surface area contributed by atoms with Gasteiger partial charge < -0.3 is 10.8 Å². The highest BCUT2D eigenvalue weighted by atomic mass is 16.3. The maximum absolute atomic E-state index is 8.76. The van der Waals surface area contributed by atoms with Crippen LogP contribution in [0.1, 0.15) is 6.42 Å². The van der Waals surface area contributed by atoms with Crippen LogP contribution in [0.4, 0.5) is 0 Å². The summed E-state index contributed by atoms with van der Waals surface area (Å²) in [6.07, 6.45) is 0.938. The van der Waals surface area contributed by atoms with Crippen LogP contribution in [0.25, 0.3) is 0 Å². The van der Waals surface area contributed by atoms with Gasteiger partial charge in [-0.15, -0.1) is 0 Å². The van der Waals surface area contributed by atoms with Gasteiger partial charge in [-0.2, -0.15) is 0 Å². The summed E-state index contributed by atoms with van der Waals surface area (Å²) in [5.41, 5.74) is 5.64. The molecule has 3 heteroatoms. The maximum atomic E-state index is 8.76. The van der Waals surface area contributed by atoms with E-state index in [1.807, 2.05) is 7.05 Å². The van der Waals surface area contributed by atoms with Gasteiger partial charge in [-0.25, -0.2) is 0 Å². The lowest BCUT2D eigenvalue weighted by Crippen LogP contribution is -2.28. The van der Waals surface area contributed by atoms with Gasteiger partial charge in [0.25, 0.3) is 0 Å². The summed E-state index contributed by atoms with van der Waals surface area (Å²) >= 11 is 0. The fourth-order valence-electron chi connectivity index (χ4n) is 1.34. The van der Waals surface area contributed by atoms with Crippen molar-refractivity contribution >= 4 is 0 Å². The Bertz CT molecular complexity index is 97.1. The first-order valence-corrected chi connectivity index (χ1v) is 3.30. The minimum atomic E-state index is 0.240. The first-order valence-electron chi connectivity index (χ1n) is 3.30. The number of nitrogens with two attached hydrogens (primary N) is 1. The summed E-state index contributed by atoms with van der Waals surface area (Å²) in [7, 11) is 1.99. The number of aliphatic hydroxyl groups is 1. The summed E-state index contributed by atoms with van der Waals surface area (Å²) < 4.78 is 0. The molecule has 1 aliphatic rings. The fraction of sp³-hybridized carbons (Fsp3) is 1.00. The van der Waals surface area contributed by atoms with Crippen molar-refractivity contribution in [1.82, 2.24) is 4.90 Å². The van der Waals surface area contributed by atoms with E-state index in [2.05, 4.69) is 4.90 Å². The van der Waals surface area contributed by atoms with Crippen molar-refractivity contribution in [3.05, 3.63) is 0 Å². The molecule has 0 unspecified atom stereocenters. The maximum Gasteiger partial charge on any atom is 0.0587 e. The van der Waals surface area contributed by atoms with Gasteiger partial charge >= 0.3 is 0 Å². The lowest BCUT2D eigenvalue weighted by molar-refractivity contribution is 0.182. The second-order valence-corrected chi connectivity index (χ2v) is 2.77. The molecule has 0 aliphatic carbocycles. The molecule has 0 aromatic carbocycles. The van der Waals surface area contributed by atoms with Crippen molar-refractivity contribution in [1.29, 1.82) is 0 Å². The van der Waals surface area contributed by atoms with Crippen molar-refractivity contribution in [3.63, 3.8) is 0 Å². The molecule has 0 spiro atoms. The van der Waals surface area contributed by atoms with Crippen LogP contribution in [0.5, 0.6) is 0 Å². The van der Waals surface area contributed by atoms with Crippen LogP contribution in [-0.4, -0.2) is 42.3 Å². The van der Waals surface area contributed by atoms with Gasteiger partial charge in [-0.05, 0) is 13.5 Å². The molecule has 1 fully saturated rings. The number of aliphatic hydroxyl groups excluding tert-OH is 1. The number of likely N-dealkylation sites (N-methyl/N-ethyl adjacent to an activating group) is 1. The zero-order valence-electron chi connectivity index (χ0n) is 5.75. The van der Waals surface area contributed by atoms with E-state index in [4.69, 9.17) is 10.8 Å². The Balaban J connectivity index is 2.38. The van der Waals surface area contributed by atoms with Crippen LogP contribution in [0.3, 0.4) is 0 Å². The molecule has 2 atom stereocenters. The number of hydrogen-bond donors (Lipinski definition) is 2. The standard InChI is InChI=1S/C6H14N2O/c1-8-3-5(7)2-6(8)4-9/h5-6,9H,2-4,7H2,1H3/t5-,6-/m0/s1. The van der Waals surface area contributed by atoms with Crippen LogP contribution in [0.15, 0.2) is 0 Å². The third kappa shape index (κ3) is 1.41. The van der Waals surface area contributed by atoms with Gasteiger partial charge in [0.1, 0.15) is 0 Å². The SMILES string of the molecule is CN1C[C@@H](N)C[C@H]1CO. The highest BCUT2D eigenvalue weighted by Crippen LogP contribution is 2.12. The predicted molar refractivity (Wildman–Crippen MR) is 36.1 cm³/mol. The second kappa shape index (κ2) is 2.64. The summed E-state index contributed by atoms with van der Waals surface area (Å²) in [4.78, 5) is 2.10. The first kappa shape index (κ1) is 6.99. The third-order valence-electron chi connectivity index (χ3n) is 1.93. The van der Waals surface area contributed by atoms with Gasteiger partial charge in [0.15, 0.2) is 0 Å². The van der Waals surface area contributed by atoms with Gasteiger partial charge in [0, 0.05) is 18.6 Å². The van der Waals surface area contributed by atoms with Crippen molar-refractivity contribution in [2.75, 3.05) is 20.2 Å².